The van der Waals surface area contributed by atoms with Gasteiger partial charge in [0.15, 0.2) is 0 Å². The fourth-order valence-corrected chi connectivity index (χ4v) is 3.55. The van der Waals surface area contributed by atoms with Gasteiger partial charge in [-0.1, -0.05) is 42.5 Å². The molecule has 0 atom stereocenters. The van der Waals surface area contributed by atoms with E-state index < -0.39 is 0 Å². The second-order valence-corrected chi connectivity index (χ2v) is 5.59. The van der Waals surface area contributed by atoms with Crippen LogP contribution in [-0.2, 0) is 12.8 Å². The van der Waals surface area contributed by atoms with Crippen molar-refractivity contribution in [3.05, 3.63) is 66.1 Å². The van der Waals surface area contributed by atoms with Crippen LogP contribution in [0.5, 0.6) is 0 Å². The predicted molar refractivity (Wildman–Crippen MR) is 82.6 cm³/mol. The Bertz CT molecular complexity index is 781. The van der Waals surface area contributed by atoms with Gasteiger partial charge in [0.25, 0.3) is 0 Å². The summed E-state index contributed by atoms with van der Waals surface area (Å²) in [6.07, 6.45) is 5.10. The molecule has 0 heterocycles. The maximum atomic E-state index is 4.31. The lowest BCUT2D eigenvalue weighted by molar-refractivity contribution is 0.690. The summed E-state index contributed by atoms with van der Waals surface area (Å²) in [5, 5.41) is 5.45. The quantitative estimate of drug-likeness (QED) is 0.486. The molecule has 0 N–H and O–H groups in total. The summed E-state index contributed by atoms with van der Waals surface area (Å²) in [6.45, 7) is 4.31. The van der Waals surface area contributed by atoms with Crippen LogP contribution in [0.1, 0.15) is 29.5 Å². The van der Waals surface area contributed by atoms with Crippen molar-refractivity contribution in [1.29, 1.82) is 0 Å². The highest BCUT2D eigenvalue weighted by Gasteiger charge is 2.15. The van der Waals surface area contributed by atoms with Crippen molar-refractivity contribution < 1.29 is 0 Å². The molecule has 0 saturated carbocycles. The van der Waals surface area contributed by atoms with Crippen LogP contribution in [0.3, 0.4) is 0 Å². The van der Waals surface area contributed by atoms with Crippen LogP contribution in [0.15, 0.2) is 42.5 Å². The van der Waals surface area contributed by atoms with Crippen molar-refractivity contribution in [3.8, 4) is 0 Å². The second kappa shape index (κ2) is 4.09. The standard InChI is InChI=1S/C19H17/c1-13-12-15-7-3-4-8-16(15)18-11-10-14-6-2-5-9-17(14)19(13)18/h3-4,7-8,10-12H,1-2,5-6,9H2. The van der Waals surface area contributed by atoms with Gasteiger partial charge in [-0.3, -0.25) is 0 Å². The SMILES string of the molecule is [CH2]c1cc2ccccc2c2ccc3c(c12)CCCC3. The summed E-state index contributed by atoms with van der Waals surface area (Å²) in [7, 11) is 0. The highest BCUT2D eigenvalue weighted by molar-refractivity contribution is 6.10. The first-order chi connectivity index (χ1) is 9.34. The molecule has 4 rings (SSSR count). The van der Waals surface area contributed by atoms with Crippen LogP contribution in [-0.4, -0.2) is 0 Å². The largest absolute Gasteiger partial charge is 0.0616 e. The zero-order chi connectivity index (χ0) is 12.8. The van der Waals surface area contributed by atoms with Crippen LogP contribution in [0.2, 0.25) is 0 Å². The average molecular weight is 245 g/mol. The lowest BCUT2D eigenvalue weighted by Gasteiger charge is -2.20. The van der Waals surface area contributed by atoms with Gasteiger partial charge in [0, 0.05) is 0 Å². The molecule has 93 valence electrons. The molecule has 0 amide bonds. The Morgan fingerprint density at radius 1 is 0.842 bits per heavy atom. The molecule has 3 aromatic rings. The van der Waals surface area contributed by atoms with Crippen LogP contribution >= 0.6 is 0 Å². The zero-order valence-electron chi connectivity index (χ0n) is 11.1. The molecule has 0 aliphatic heterocycles. The number of hydrogen-bond acceptors (Lipinski definition) is 0. The molecule has 1 radical (unpaired) electrons. The van der Waals surface area contributed by atoms with Gasteiger partial charge in [-0.2, -0.15) is 0 Å². The first kappa shape index (κ1) is 11.0. The molecule has 0 nitrogen and oxygen atoms in total. The van der Waals surface area contributed by atoms with Crippen LogP contribution < -0.4 is 0 Å². The number of aryl methyl sites for hydroxylation is 2. The fourth-order valence-electron chi connectivity index (χ4n) is 3.55. The van der Waals surface area contributed by atoms with Gasteiger partial charge in [0.2, 0.25) is 0 Å². The van der Waals surface area contributed by atoms with Crippen LogP contribution in [0, 0.1) is 6.92 Å². The average Bonchev–Trinajstić information content (AvgIpc) is 2.46. The van der Waals surface area contributed by atoms with Gasteiger partial charge >= 0.3 is 0 Å². The van der Waals surface area contributed by atoms with E-state index in [0.717, 1.165) is 0 Å². The third-order valence-electron chi connectivity index (χ3n) is 4.43. The van der Waals surface area contributed by atoms with Crippen molar-refractivity contribution in [2.75, 3.05) is 0 Å². The van der Waals surface area contributed by atoms with E-state index in [-0.39, 0.29) is 0 Å². The van der Waals surface area contributed by atoms with Crippen molar-refractivity contribution in [3.63, 3.8) is 0 Å². The molecule has 0 fully saturated rings. The van der Waals surface area contributed by atoms with Crippen molar-refractivity contribution >= 4 is 21.5 Å². The molecule has 1 aliphatic carbocycles. The maximum absolute atomic E-state index is 4.31. The Morgan fingerprint density at radius 3 is 2.63 bits per heavy atom. The van der Waals surface area contributed by atoms with Crippen molar-refractivity contribution in [2.45, 2.75) is 25.7 Å². The molecule has 0 unspecified atom stereocenters. The Labute approximate surface area is 114 Å². The first-order valence-corrected chi connectivity index (χ1v) is 7.13. The highest BCUT2D eigenvalue weighted by Crippen LogP contribution is 2.35. The lowest BCUT2D eigenvalue weighted by atomic mass is 9.85. The van der Waals surface area contributed by atoms with Crippen molar-refractivity contribution in [2.24, 2.45) is 0 Å². The molecule has 0 aromatic heterocycles. The van der Waals surface area contributed by atoms with E-state index >= 15 is 0 Å². The lowest BCUT2D eigenvalue weighted by Crippen LogP contribution is -2.04. The highest BCUT2D eigenvalue weighted by atomic mass is 14.2. The molecule has 3 aromatic carbocycles. The Hall–Kier alpha value is -1.82. The molecule has 0 spiro atoms. The monoisotopic (exact) mass is 245 g/mol. The summed E-state index contributed by atoms with van der Waals surface area (Å²) in [5.41, 5.74) is 4.28. The van der Waals surface area contributed by atoms with Gasteiger partial charge in [0.1, 0.15) is 0 Å². The van der Waals surface area contributed by atoms with E-state index in [2.05, 4.69) is 49.4 Å². The summed E-state index contributed by atoms with van der Waals surface area (Å²) < 4.78 is 0. The predicted octanol–water partition coefficient (Wildman–Crippen LogP) is 5.05. The van der Waals surface area contributed by atoms with Gasteiger partial charge < -0.3 is 0 Å². The molecule has 0 saturated heterocycles. The maximum Gasteiger partial charge on any atom is -0.00997 e. The third-order valence-corrected chi connectivity index (χ3v) is 4.43. The number of fused-ring (bicyclic) bond motifs is 5. The summed E-state index contributed by atoms with van der Waals surface area (Å²) in [6, 6.07) is 15.5. The minimum atomic E-state index is 1.19. The molecule has 0 bridgehead atoms. The molecule has 0 heteroatoms. The van der Waals surface area contributed by atoms with Crippen molar-refractivity contribution in [1.82, 2.24) is 0 Å². The summed E-state index contributed by atoms with van der Waals surface area (Å²) in [5.74, 6) is 0. The molecular formula is C19H17. The van der Waals surface area contributed by atoms with E-state index in [9.17, 15) is 0 Å². The Kier molecular flexibility index (Phi) is 2.38. The van der Waals surface area contributed by atoms with Crippen LogP contribution in [0.25, 0.3) is 21.5 Å². The smallest absolute Gasteiger partial charge is 0.00997 e. The van der Waals surface area contributed by atoms with Gasteiger partial charge in [-0.05, 0) is 70.8 Å². The van der Waals surface area contributed by atoms with E-state index in [1.807, 2.05) is 0 Å². The Morgan fingerprint density at radius 2 is 1.68 bits per heavy atom. The Balaban J connectivity index is 2.20. The zero-order valence-corrected chi connectivity index (χ0v) is 11.1. The topological polar surface area (TPSA) is 0 Å². The molecule has 19 heavy (non-hydrogen) atoms. The molecule has 1 aliphatic rings. The first-order valence-electron chi connectivity index (χ1n) is 7.13. The summed E-state index contributed by atoms with van der Waals surface area (Å²) in [4.78, 5) is 0. The van der Waals surface area contributed by atoms with Crippen LogP contribution in [0.4, 0.5) is 0 Å². The number of hydrogen-bond donors (Lipinski definition) is 0. The fraction of sp³-hybridized carbons (Fsp3) is 0.211. The second-order valence-electron chi connectivity index (χ2n) is 5.59. The van der Waals surface area contributed by atoms with E-state index in [1.54, 1.807) is 11.1 Å². The van der Waals surface area contributed by atoms with Gasteiger partial charge in [-0.15, -0.1) is 0 Å². The van der Waals surface area contributed by atoms with E-state index in [4.69, 9.17) is 0 Å². The molecular weight excluding hydrogens is 228 g/mol. The third kappa shape index (κ3) is 1.59. The number of benzene rings is 3. The minimum absolute atomic E-state index is 1.19. The van der Waals surface area contributed by atoms with E-state index in [0.29, 0.717) is 0 Å². The number of rotatable bonds is 0. The van der Waals surface area contributed by atoms with Gasteiger partial charge in [-0.25, -0.2) is 0 Å². The van der Waals surface area contributed by atoms with Gasteiger partial charge in [0.05, 0.1) is 0 Å². The minimum Gasteiger partial charge on any atom is -0.0616 e. The normalized spacial score (nSPS) is 14.8. The van der Waals surface area contributed by atoms with E-state index in [1.165, 1.54) is 52.8 Å². The summed E-state index contributed by atoms with van der Waals surface area (Å²) >= 11 is 0.